The molecule has 1 heterocycles. The van der Waals surface area contributed by atoms with Crippen LogP contribution in [0.4, 0.5) is 0 Å². The number of rotatable bonds is 3. The summed E-state index contributed by atoms with van der Waals surface area (Å²) < 4.78 is 5.17. The Balaban J connectivity index is 2.21. The maximum Gasteiger partial charge on any atom is 0.238 e. The fourth-order valence-corrected chi connectivity index (χ4v) is 2.41. The standard InChI is InChI=1S/C12H19N3O2/c1-13-9-3-5-12(16,6-4-9)10-11(17-2)15-8-7-14-10/h7-9,13,16H,3-6H2,1-2H3. The van der Waals surface area contributed by atoms with Gasteiger partial charge in [0.1, 0.15) is 11.3 Å². The molecule has 1 aromatic heterocycles. The molecule has 5 heteroatoms. The molecule has 0 radical (unpaired) electrons. The quantitative estimate of drug-likeness (QED) is 0.815. The van der Waals surface area contributed by atoms with Crippen LogP contribution in [0.25, 0.3) is 0 Å². The molecular formula is C12H19N3O2. The van der Waals surface area contributed by atoms with Crippen molar-refractivity contribution in [1.29, 1.82) is 0 Å². The first-order valence-electron chi connectivity index (χ1n) is 5.95. The van der Waals surface area contributed by atoms with Gasteiger partial charge in [0.2, 0.25) is 5.88 Å². The van der Waals surface area contributed by atoms with Crippen molar-refractivity contribution in [2.24, 2.45) is 0 Å². The normalized spacial score (nSPS) is 29.0. The highest BCUT2D eigenvalue weighted by Gasteiger charge is 2.38. The minimum atomic E-state index is -0.896. The van der Waals surface area contributed by atoms with Crippen LogP contribution in [0.3, 0.4) is 0 Å². The van der Waals surface area contributed by atoms with Crippen molar-refractivity contribution in [3.05, 3.63) is 18.1 Å². The van der Waals surface area contributed by atoms with Gasteiger partial charge < -0.3 is 15.2 Å². The highest BCUT2D eigenvalue weighted by Crippen LogP contribution is 2.38. The van der Waals surface area contributed by atoms with Crippen molar-refractivity contribution in [1.82, 2.24) is 15.3 Å². The minimum Gasteiger partial charge on any atom is -0.480 e. The molecule has 0 aromatic carbocycles. The number of methoxy groups -OCH3 is 1. The molecule has 0 bridgehead atoms. The van der Waals surface area contributed by atoms with E-state index in [0.29, 0.717) is 30.5 Å². The molecule has 0 unspecified atom stereocenters. The lowest BCUT2D eigenvalue weighted by molar-refractivity contribution is -0.0140. The van der Waals surface area contributed by atoms with Gasteiger partial charge in [0.05, 0.1) is 7.11 Å². The molecule has 0 spiro atoms. The largest absolute Gasteiger partial charge is 0.480 e. The minimum absolute atomic E-state index is 0.429. The first kappa shape index (κ1) is 12.3. The Morgan fingerprint density at radius 2 is 2.00 bits per heavy atom. The van der Waals surface area contributed by atoms with Crippen LogP contribution >= 0.6 is 0 Å². The van der Waals surface area contributed by atoms with E-state index in [2.05, 4.69) is 15.3 Å². The summed E-state index contributed by atoms with van der Waals surface area (Å²) in [5, 5.41) is 13.9. The number of nitrogens with one attached hydrogen (secondary N) is 1. The van der Waals surface area contributed by atoms with Gasteiger partial charge in [0, 0.05) is 18.4 Å². The van der Waals surface area contributed by atoms with Crippen LogP contribution in [-0.2, 0) is 5.60 Å². The van der Waals surface area contributed by atoms with Gasteiger partial charge in [-0.3, -0.25) is 4.98 Å². The smallest absolute Gasteiger partial charge is 0.238 e. The number of hydrogen-bond donors (Lipinski definition) is 2. The maximum absolute atomic E-state index is 10.7. The zero-order valence-corrected chi connectivity index (χ0v) is 10.3. The molecule has 17 heavy (non-hydrogen) atoms. The molecule has 1 aromatic rings. The number of aliphatic hydroxyl groups is 1. The van der Waals surface area contributed by atoms with E-state index in [4.69, 9.17) is 4.74 Å². The van der Waals surface area contributed by atoms with Gasteiger partial charge in [-0.25, -0.2) is 4.98 Å². The van der Waals surface area contributed by atoms with E-state index in [1.807, 2.05) is 7.05 Å². The van der Waals surface area contributed by atoms with E-state index < -0.39 is 5.60 Å². The number of nitrogens with zero attached hydrogens (tertiary/aromatic N) is 2. The maximum atomic E-state index is 10.7. The van der Waals surface area contributed by atoms with E-state index >= 15 is 0 Å². The molecule has 5 nitrogen and oxygen atoms in total. The molecule has 2 rings (SSSR count). The Kier molecular flexibility index (Phi) is 3.59. The van der Waals surface area contributed by atoms with Crippen LogP contribution in [0.1, 0.15) is 31.4 Å². The van der Waals surface area contributed by atoms with Crippen LogP contribution in [0.5, 0.6) is 5.88 Å². The zero-order chi connectivity index (χ0) is 12.3. The van der Waals surface area contributed by atoms with Crippen molar-refractivity contribution in [2.45, 2.75) is 37.3 Å². The number of hydrogen-bond acceptors (Lipinski definition) is 5. The second kappa shape index (κ2) is 4.98. The van der Waals surface area contributed by atoms with Crippen molar-refractivity contribution in [2.75, 3.05) is 14.2 Å². The Bertz CT molecular complexity index is 376. The molecule has 1 aliphatic carbocycles. The summed E-state index contributed by atoms with van der Waals surface area (Å²) in [7, 11) is 3.51. The van der Waals surface area contributed by atoms with Gasteiger partial charge in [-0.1, -0.05) is 0 Å². The summed E-state index contributed by atoms with van der Waals surface area (Å²) in [6.07, 6.45) is 6.42. The highest BCUT2D eigenvalue weighted by atomic mass is 16.5. The Morgan fingerprint density at radius 3 is 2.59 bits per heavy atom. The zero-order valence-electron chi connectivity index (χ0n) is 10.3. The van der Waals surface area contributed by atoms with Gasteiger partial charge in [-0.15, -0.1) is 0 Å². The summed E-state index contributed by atoms with van der Waals surface area (Å²) >= 11 is 0. The summed E-state index contributed by atoms with van der Waals surface area (Å²) in [6.45, 7) is 0. The van der Waals surface area contributed by atoms with Crippen LogP contribution in [0.2, 0.25) is 0 Å². The Labute approximate surface area is 101 Å². The molecule has 0 amide bonds. The summed E-state index contributed by atoms with van der Waals surface area (Å²) in [5.41, 5.74) is -0.329. The number of aromatic nitrogens is 2. The van der Waals surface area contributed by atoms with E-state index in [-0.39, 0.29) is 0 Å². The third kappa shape index (κ3) is 2.40. The highest BCUT2D eigenvalue weighted by molar-refractivity contribution is 5.25. The van der Waals surface area contributed by atoms with Gasteiger partial charge in [-0.05, 0) is 32.7 Å². The molecule has 0 saturated heterocycles. The average molecular weight is 237 g/mol. The third-order valence-corrected chi connectivity index (χ3v) is 3.52. The lowest BCUT2D eigenvalue weighted by Crippen LogP contribution is -2.39. The molecular weight excluding hydrogens is 218 g/mol. The first-order valence-corrected chi connectivity index (χ1v) is 5.95. The van der Waals surface area contributed by atoms with Crippen molar-refractivity contribution in [3.63, 3.8) is 0 Å². The molecule has 94 valence electrons. The van der Waals surface area contributed by atoms with Crippen LogP contribution < -0.4 is 10.1 Å². The van der Waals surface area contributed by atoms with Crippen LogP contribution in [0, 0.1) is 0 Å². The molecule has 0 aliphatic heterocycles. The van der Waals surface area contributed by atoms with Crippen LogP contribution in [-0.4, -0.2) is 35.3 Å². The monoisotopic (exact) mass is 237 g/mol. The van der Waals surface area contributed by atoms with Gasteiger partial charge in [0.15, 0.2) is 0 Å². The Morgan fingerprint density at radius 1 is 1.35 bits per heavy atom. The number of ether oxygens (including phenoxy) is 1. The topological polar surface area (TPSA) is 67.3 Å². The Hall–Kier alpha value is -1.20. The van der Waals surface area contributed by atoms with E-state index in [0.717, 1.165) is 12.8 Å². The predicted octanol–water partition coefficient (Wildman–Crippen LogP) is 0.835. The third-order valence-electron chi connectivity index (χ3n) is 3.52. The average Bonchev–Trinajstić information content (AvgIpc) is 2.39. The van der Waals surface area contributed by atoms with Gasteiger partial charge >= 0.3 is 0 Å². The molecule has 2 N–H and O–H groups in total. The van der Waals surface area contributed by atoms with Gasteiger partial charge in [-0.2, -0.15) is 0 Å². The summed E-state index contributed by atoms with van der Waals surface area (Å²) in [5.74, 6) is 0.429. The SMILES string of the molecule is CNC1CCC(O)(c2nccnc2OC)CC1. The van der Waals surface area contributed by atoms with Crippen molar-refractivity contribution < 1.29 is 9.84 Å². The van der Waals surface area contributed by atoms with E-state index in [9.17, 15) is 5.11 Å². The lowest BCUT2D eigenvalue weighted by atomic mass is 9.80. The first-order chi connectivity index (χ1) is 8.19. The van der Waals surface area contributed by atoms with Crippen LogP contribution in [0.15, 0.2) is 12.4 Å². The van der Waals surface area contributed by atoms with E-state index in [1.54, 1.807) is 19.5 Å². The molecule has 1 fully saturated rings. The summed E-state index contributed by atoms with van der Waals surface area (Å²) in [4.78, 5) is 8.33. The molecule has 1 aliphatic rings. The van der Waals surface area contributed by atoms with Crippen molar-refractivity contribution in [3.8, 4) is 5.88 Å². The lowest BCUT2D eigenvalue weighted by Gasteiger charge is -2.35. The molecule has 0 atom stereocenters. The second-order valence-corrected chi connectivity index (χ2v) is 4.51. The summed E-state index contributed by atoms with van der Waals surface area (Å²) in [6, 6.07) is 0.484. The van der Waals surface area contributed by atoms with Gasteiger partial charge in [0.25, 0.3) is 0 Å². The second-order valence-electron chi connectivity index (χ2n) is 4.51. The predicted molar refractivity (Wildman–Crippen MR) is 63.8 cm³/mol. The van der Waals surface area contributed by atoms with Crippen molar-refractivity contribution >= 4 is 0 Å². The van der Waals surface area contributed by atoms with E-state index in [1.165, 1.54) is 0 Å². The fourth-order valence-electron chi connectivity index (χ4n) is 2.41. The fraction of sp³-hybridized carbons (Fsp3) is 0.667. The molecule has 1 saturated carbocycles.